The van der Waals surface area contributed by atoms with E-state index in [0.29, 0.717) is 24.3 Å². The van der Waals surface area contributed by atoms with Gasteiger partial charge >= 0.3 is 0 Å². The Kier molecular flexibility index (Phi) is 2.85. The number of aliphatic hydroxyl groups excluding tert-OH is 2. The van der Waals surface area contributed by atoms with Crippen LogP contribution >= 0.6 is 0 Å². The van der Waals surface area contributed by atoms with E-state index in [1.54, 1.807) is 4.90 Å². The normalized spacial score (nSPS) is 27.3. The van der Waals surface area contributed by atoms with E-state index in [9.17, 15) is 15.0 Å². The number of aryl methyl sites for hydroxylation is 1. The Hall–Kier alpha value is -2.18. The molecule has 2 aliphatic rings. The van der Waals surface area contributed by atoms with Gasteiger partial charge in [0.1, 0.15) is 11.9 Å². The molecule has 3 heterocycles. The summed E-state index contributed by atoms with van der Waals surface area (Å²) in [7, 11) is 0. The van der Waals surface area contributed by atoms with Gasteiger partial charge in [0, 0.05) is 23.9 Å². The number of aliphatic hydroxyl groups is 2. The van der Waals surface area contributed by atoms with Gasteiger partial charge in [-0.3, -0.25) is 4.79 Å². The Morgan fingerprint density at radius 3 is 2.95 bits per heavy atom. The zero-order chi connectivity index (χ0) is 15.4. The number of benzene rings is 1. The zero-order valence-corrected chi connectivity index (χ0v) is 12.2. The maximum atomic E-state index is 12.2. The molecule has 2 aliphatic heterocycles. The SMILES string of the molecule is Cc1ccc2nc3c(cc2c1)[C@H](O)NC(=O)[C@H]1C[C@H](O)CN31. The molecule has 3 N–H and O–H groups in total. The summed E-state index contributed by atoms with van der Waals surface area (Å²) in [6.45, 7) is 2.35. The molecule has 0 spiro atoms. The molecule has 1 fully saturated rings. The molecular weight excluding hydrogens is 282 g/mol. The average molecular weight is 299 g/mol. The molecule has 6 nitrogen and oxygen atoms in total. The molecule has 114 valence electrons. The van der Waals surface area contributed by atoms with Crippen molar-refractivity contribution in [1.82, 2.24) is 10.3 Å². The highest BCUT2D eigenvalue weighted by atomic mass is 16.3. The summed E-state index contributed by atoms with van der Waals surface area (Å²) >= 11 is 0. The summed E-state index contributed by atoms with van der Waals surface area (Å²) in [5.41, 5.74) is 2.49. The molecule has 1 aromatic carbocycles. The lowest BCUT2D eigenvalue weighted by atomic mass is 10.1. The Labute approximate surface area is 127 Å². The van der Waals surface area contributed by atoms with Gasteiger partial charge in [0.2, 0.25) is 5.91 Å². The molecule has 0 saturated carbocycles. The second kappa shape index (κ2) is 4.66. The minimum absolute atomic E-state index is 0.276. The van der Waals surface area contributed by atoms with Crippen molar-refractivity contribution in [3.8, 4) is 0 Å². The van der Waals surface area contributed by atoms with Crippen molar-refractivity contribution in [3.63, 3.8) is 0 Å². The maximum absolute atomic E-state index is 12.2. The number of hydrogen-bond acceptors (Lipinski definition) is 5. The van der Waals surface area contributed by atoms with Crippen LogP contribution in [0.2, 0.25) is 0 Å². The summed E-state index contributed by atoms with van der Waals surface area (Å²) in [4.78, 5) is 18.7. The first-order chi connectivity index (χ1) is 10.5. The van der Waals surface area contributed by atoms with Crippen LogP contribution in [0.25, 0.3) is 10.9 Å². The van der Waals surface area contributed by atoms with E-state index in [2.05, 4.69) is 10.3 Å². The van der Waals surface area contributed by atoms with E-state index in [-0.39, 0.29) is 5.91 Å². The number of hydrogen-bond donors (Lipinski definition) is 3. The number of nitrogens with zero attached hydrogens (tertiary/aromatic N) is 2. The molecule has 6 heteroatoms. The van der Waals surface area contributed by atoms with E-state index in [0.717, 1.165) is 16.5 Å². The van der Waals surface area contributed by atoms with Crippen LogP contribution < -0.4 is 10.2 Å². The topological polar surface area (TPSA) is 85.7 Å². The van der Waals surface area contributed by atoms with E-state index in [4.69, 9.17) is 0 Å². The van der Waals surface area contributed by atoms with E-state index >= 15 is 0 Å². The molecule has 3 atom stereocenters. The molecule has 1 aromatic heterocycles. The maximum Gasteiger partial charge on any atom is 0.245 e. The fraction of sp³-hybridized carbons (Fsp3) is 0.375. The van der Waals surface area contributed by atoms with E-state index in [1.807, 2.05) is 31.2 Å². The lowest BCUT2D eigenvalue weighted by Crippen LogP contribution is -2.41. The van der Waals surface area contributed by atoms with Crippen LogP contribution in [0.3, 0.4) is 0 Å². The van der Waals surface area contributed by atoms with Gasteiger partial charge in [-0.05, 0) is 25.1 Å². The van der Waals surface area contributed by atoms with Crippen molar-refractivity contribution in [2.24, 2.45) is 0 Å². The summed E-state index contributed by atoms with van der Waals surface area (Å²) in [6, 6.07) is 7.29. The molecule has 2 aromatic rings. The monoisotopic (exact) mass is 299 g/mol. The van der Waals surface area contributed by atoms with Gasteiger partial charge in [-0.1, -0.05) is 11.6 Å². The number of anilines is 1. The summed E-state index contributed by atoms with van der Waals surface area (Å²) in [6.07, 6.45) is -1.29. The van der Waals surface area contributed by atoms with E-state index in [1.165, 1.54) is 0 Å². The van der Waals surface area contributed by atoms with Crippen LogP contribution in [0, 0.1) is 6.92 Å². The smallest absolute Gasteiger partial charge is 0.245 e. The summed E-state index contributed by atoms with van der Waals surface area (Å²) < 4.78 is 0. The van der Waals surface area contributed by atoms with E-state index < -0.39 is 18.4 Å². The fourth-order valence-electron chi connectivity index (χ4n) is 3.34. The minimum atomic E-state index is -1.08. The third kappa shape index (κ3) is 1.95. The molecule has 0 unspecified atom stereocenters. The standard InChI is InChI=1S/C16H17N3O3/c1-8-2-3-12-9(4-8)5-11-14(17-12)19-7-10(20)6-13(19)16(22)18-15(11)21/h2-5,10,13,15,20-21H,6-7H2,1H3,(H,18,22)/t10-,13+,15-/m0/s1. The predicted octanol–water partition coefficient (Wildman–Crippen LogP) is 0.604. The van der Waals surface area contributed by atoms with Crippen LogP contribution in [0.4, 0.5) is 5.82 Å². The number of rotatable bonds is 0. The van der Waals surface area contributed by atoms with Gasteiger partial charge < -0.3 is 20.4 Å². The molecule has 0 radical (unpaired) electrons. The number of carbonyl (C=O) groups excluding carboxylic acids is 1. The first kappa shape index (κ1) is 13.5. The fourth-order valence-corrected chi connectivity index (χ4v) is 3.34. The van der Waals surface area contributed by atoms with Crippen molar-refractivity contribution < 1.29 is 15.0 Å². The number of carbonyl (C=O) groups is 1. The summed E-state index contributed by atoms with van der Waals surface area (Å²) in [5, 5.41) is 23.7. The number of fused-ring (bicyclic) bond motifs is 4. The minimum Gasteiger partial charge on any atom is -0.391 e. The van der Waals surface area contributed by atoms with Gasteiger partial charge in [-0.25, -0.2) is 4.98 Å². The van der Waals surface area contributed by atoms with Crippen LogP contribution in [-0.2, 0) is 4.79 Å². The Morgan fingerprint density at radius 1 is 1.32 bits per heavy atom. The first-order valence-corrected chi connectivity index (χ1v) is 7.37. The molecule has 1 amide bonds. The van der Waals surface area contributed by atoms with Crippen LogP contribution in [0.1, 0.15) is 23.8 Å². The Balaban J connectivity index is 1.94. The van der Waals surface area contributed by atoms with Crippen LogP contribution in [-0.4, -0.2) is 39.8 Å². The lowest BCUT2D eigenvalue weighted by Gasteiger charge is -2.23. The highest BCUT2D eigenvalue weighted by Crippen LogP contribution is 2.35. The van der Waals surface area contributed by atoms with Gasteiger partial charge in [0.15, 0.2) is 6.23 Å². The number of amides is 1. The quantitative estimate of drug-likeness (QED) is 0.663. The highest BCUT2D eigenvalue weighted by molar-refractivity contribution is 5.90. The Bertz CT molecular complexity index is 777. The molecule has 0 bridgehead atoms. The number of pyridine rings is 1. The average Bonchev–Trinajstić information content (AvgIpc) is 2.84. The zero-order valence-electron chi connectivity index (χ0n) is 12.2. The Morgan fingerprint density at radius 2 is 2.14 bits per heavy atom. The third-order valence-corrected chi connectivity index (χ3v) is 4.41. The van der Waals surface area contributed by atoms with Crippen molar-refractivity contribution in [2.45, 2.75) is 31.7 Å². The first-order valence-electron chi connectivity index (χ1n) is 7.37. The van der Waals surface area contributed by atoms with Crippen LogP contribution in [0.15, 0.2) is 24.3 Å². The number of nitrogens with one attached hydrogen (secondary N) is 1. The van der Waals surface area contributed by atoms with Gasteiger partial charge in [-0.15, -0.1) is 0 Å². The van der Waals surface area contributed by atoms with Crippen molar-refractivity contribution >= 4 is 22.6 Å². The second-order valence-corrected chi connectivity index (χ2v) is 6.07. The molecule has 0 aliphatic carbocycles. The predicted molar refractivity (Wildman–Crippen MR) is 81.3 cm³/mol. The molecule has 1 saturated heterocycles. The highest BCUT2D eigenvalue weighted by Gasteiger charge is 2.41. The largest absolute Gasteiger partial charge is 0.391 e. The van der Waals surface area contributed by atoms with Gasteiger partial charge in [0.25, 0.3) is 0 Å². The third-order valence-electron chi connectivity index (χ3n) is 4.41. The molecule has 4 rings (SSSR count). The van der Waals surface area contributed by atoms with Gasteiger partial charge in [0.05, 0.1) is 11.6 Å². The lowest BCUT2D eigenvalue weighted by molar-refractivity contribution is -0.125. The number of aromatic nitrogens is 1. The summed E-state index contributed by atoms with van der Waals surface area (Å²) in [5.74, 6) is 0.297. The van der Waals surface area contributed by atoms with Crippen molar-refractivity contribution in [3.05, 3.63) is 35.4 Å². The van der Waals surface area contributed by atoms with Crippen molar-refractivity contribution in [2.75, 3.05) is 11.4 Å². The second-order valence-electron chi connectivity index (χ2n) is 6.07. The molecular formula is C16H17N3O3. The van der Waals surface area contributed by atoms with Crippen molar-refractivity contribution in [1.29, 1.82) is 0 Å². The van der Waals surface area contributed by atoms with Crippen LogP contribution in [0.5, 0.6) is 0 Å². The van der Waals surface area contributed by atoms with Gasteiger partial charge in [-0.2, -0.15) is 0 Å². The molecule has 22 heavy (non-hydrogen) atoms.